The maximum atomic E-state index is 13.0. The van der Waals surface area contributed by atoms with Crippen LogP contribution in [0.25, 0.3) is 10.9 Å². The minimum atomic E-state index is -0.389. The first-order valence-electron chi connectivity index (χ1n) is 10.9. The maximum Gasteiger partial charge on any atom is 0.261 e. The molecule has 0 bridgehead atoms. The van der Waals surface area contributed by atoms with Gasteiger partial charge in [-0.25, -0.2) is 0 Å². The summed E-state index contributed by atoms with van der Waals surface area (Å²) in [4.78, 5) is 42.9. The summed E-state index contributed by atoms with van der Waals surface area (Å²) in [6, 6.07) is 12.1. The van der Waals surface area contributed by atoms with E-state index in [2.05, 4.69) is 10.3 Å². The van der Waals surface area contributed by atoms with Crippen molar-refractivity contribution in [3.05, 3.63) is 70.9 Å². The average molecular weight is 434 g/mol. The number of benzene rings is 2. The number of nitrogens with one attached hydrogen (secondary N) is 2. The Kier molecular flexibility index (Phi) is 6.10. The number of aliphatic hydroxyl groups is 1. The number of aliphatic hydroxyl groups excluding tert-OH is 1. The molecule has 1 aromatic heterocycles. The van der Waals surface area contributed by atoms with Gasteiger partial charge in [-0.05, 0) is 42.2 Å². The van der Waals surface area contributed by atoms with Gasteiger partial charge in [0.05, 0.1) is 23.8 Å². The van der Waals surface area contributed by atoms with Gasteiger partial charge in [-0.1, -0.05) is 38.5 Å². The number of para-hydroxylation sites is 1. The summed E-state index contributed by atoms with van der Waals surface area (Å²) in [5.41, 5.74) is 2.90. The van der Waals surface area contributed by atoms with Gasteiger partial charge in [-0.2, -0.15) is 0 Å². The molecule has 7 nitrogen and oxygen atoms in total. The summed E-state index contributed by atoms with van der Waals surface area (Å²) in [5.74, 6) is -0.990. The van der Waals surface area contributed by atoms with Crippen molar-refractivity contribution >= 4 is 28.6 Å². The van der Waals surface area contributed by atoms with E-state index < -0.39 is 0 Å². The van der Waals surface area contributed by atoms with Crippen molar-refractivity contribution in [3.8, 4) is 0 Å². The SMILES string of the molecule is CC[C@H](C)[C@@H](CO)NC(=O)c1ccc2c(c1)C(=O)N(CCc1c[nH]c3ccccc13)C2=O. The smallest absolute Gasteiger partial charge is 0.261 e. The van der Waals surface area contributed by atoms with Crippen molar-refractivity contribution in [2.24, 2.45) is 5.92 Å². The lowest BCUT2D eigenvalue weighted by Gasteiger charge is -2.22. The summed E-state index contributed by atoms with van der Waals surface area (Å²) < 4.78 is 0. The second kappa shape index (κ2) is 8.96. The Balaban J connectivity index is 1.49. The number of nitrogens with zero attached hydrogens (tertiary/aromatic N) is 1. The molecule has 3 aromatic rings. The first kappa shape index (κ1) is 21.8. The molecule has 1 aliphatic heterocycles. The van der Waals surface area contributed by atoms with Crippen molar-refractivity contribution in [1.29, 1.82) is 0 Å². The van der Waals surface area contributed by atoms with Crippen molar-refractivity contribution in [2.45, 2.75) is 32.7 Å². The molecule has 2 aromatic carbocycles. The third-order valence-corrected chi connectivity index (χ3v) is 6.36. The summed E-state index contributed by atoms with van der Waals surface area (Å²) >= 11 is 0. The van der Waals surface area contributed by atoms with Gasteiger partial charge in [0.25, 0.3) is 17.7 Å². The first-order chi connectivity index (χ1) is 15.4. The fourth-order valence-electron chi connectivity index (χ4n) is 4.11. The molecule has 0 radical (unpaired) electrons. The molecule has 0 aliphatic carbocycles. The van der Waals surface area contributed by atoms with Gasteiger partial charge in [0.2, 0.25) is 0 Å². The molecule has 4 rings (SSSR count). The van der Waals surface area contributed by atoms with Crippen LogP contribution in [0.4, 0.5) is 0 Å². The lowest BCUT2D eigenvalue weighted by molar-refractivity contribution is 0.0656. The Hall–Kier alpha value is -3.45. The second-order valence-corrected chi connectivity index (χ2v) is 8.28. The highest BCUT2D eigenvalue weighted by Gasteiger charge is 2.36. The zero-order valence-electron chi connectivity index (χ0n) is 18.2. The number of hydrogen-bond donors (Lipinski definition) is 3. The average Bonchev–Trinajstić information content (AvgIpc) is 3.33. The predicted octanol–water partition coefficient (Wildman–Crippen LogP) is 3.14. The number of carbonyl (C=O) groups excluding carboxylic acids is 3. The van der Waals surface area contributed by atoms with Crippen molar-refractivity contribution in [3.63, 3.8) is 0 Å². The van der Waals surface area contributed by atoms with Gasteiger partial charge in [0.1, 0.15) is 0 Å². The van der Waals surface area contributed by atoms with Crippen LogP contribution in [-0.2, 0) is 6.42 Å². The van der Waals surface area contributed by atoms with E-state index in [9.17, 15) is 19.5 Å². The molecule has 0 spiro atoms. The minimum Gasteiger partial charge on any atom is -0.394 e. The molecular weight excluding hydrogens is 406 g/mol. The van der Waals surface area contributed by atoms with Gasteiger partial charge < -0.3 is 15.4 Å². The number of aromatic nitrogens is 1. The highest BCUT2D eigenvalue weighted by molar-refractivity contribution is 6.22. The number of fused-ring (bicyclic) bond motifs is 2. The van der Waals surface area contributed by atoms with Crippen LogP contribution in [-0.4, -0.2) is 51.9 Å². The number of imide groups is 1. The molecule has 2 atom stereocenters. The van der Waals surface area contributed by atoms with E-state index in [1.54, 1.807) is 6.07 Å². The lowest BCUT2D eigenvalue weighted by atomic mass is 9.99. The molecule has 3 amide bonds. The van der Waals surface area contributed by atoms with Crippen LogP contribution in [0.15, 0.2) is 48.7 Å². The third kappa shape index (κ3) is 3.91. The molecule has 0 fully saturated rings. The van der Waals surface area contributed by atoms with Crippen LogP contribution >= 0.6 is 0 Å². The number of H-pyrrole nitrogens is 1. The molecule has 0 saturated heterocycles. The van der Waals surface area contributed by atoms with E-state index in [0.29, 0.717) is 17.5 Å². The quantitative estimate of drug-likeness (QED) is 0.475. The number of rotatable bonds is 8. The van der Waals surface area contributed by atoms with E-state index in [1.165, 1.54) is 17.0 Å². The summed E-state index contributed by atoms with van der Waals surface area (Å²) in [6.07, 6.45) is 3.25. The van der Waals surface area contributed by atoms with Gasteiger partial charge in [-0.3, -0.25) is 19.3 Å². The van der Waals surface area contributed by atoms with Crippen LogP contribution in [0.3, 0.4) is 0 Å². The Labute approximate surface area is 186 Å². The highest BCUT2D eigenvalue weighted by Crippen LogP contribution is 2.26. The van der Waals surface area contributed by atoms with E-state index in [0.717, 1.165) is 22.9 Å². The molecule has 2 heterocycles. The molecule has 1 aliphatic rings. The Morgan fingerprint density at radius 1 is 1.12 bits per heavy atom. The van der Waals surface area contributed by atoms with Gasteiger partial charge in [0.15, 0.2) is 0 Å². The van der Waals surface area contributed by atoms with E-state index in [-0.39, 0.29) is 48.4 Å². The standard InChI is InChI=1S/C25H27N3O4/c1-3-15(2)22(14-29)27-23(30)16-8-9-19-20(12-16)25(32)28(24(19)31)11-10-17-13-26-21-7-5-4-6-18(17)21/h4-9,12-13,15,22,26,29H,3,10-11,14H2,1-2H3,(H,27,30)/t15-,22+/m0/s1. The van der Waals surface area contributed by atoms with Crippen LogP contribution in [0.1, 0.15) is 56.9 Å². The van der Waals surface area contributed by atoms with Crippen molar-refractivity contribution < 1.29 is 19.5 Å². The monoisotopic (exact) mass is 433 g/mol. The zero-order chi connectivity index (χ0) is 22.8. The fraction of sp³-hybridized carbons (Fsp3) is 0.320. The van der Waals surface area contributed by atoms with Crippen LogP contribution in [0.5, 0.6) is 0 Å². The lowest BCUT2D eigenvalue weighted by Crippen LogP contribution is -2.41. The number of aromatic amines is 1. The van der Waals surface area contributed by atoms with Crippen LogP contribution in [0.2, 0.25) is 0 Å². The van der Waals surface area contributed by atoms with Gasteiger partial charge in [-0.15, -0.1) is 0 Å². The fourth-order valence-corrected chi connectivity index (χ4v) is 4.11. The van der Waals surface area contributed by atoms with Crippen molar-refractivity contribution in [2.75, 3.05) is 13.2 Å². The molecule has 3 N–H and O–H groups in total. The number of hydrogen-bond acceptors (Lipinski definition) is 4. The summed E-state index contributed by atoms with van der Waals surface area (Å²) in [5, 5.41) is 13.5. The largest absolute Gasteiger partial charge is 0.394 e. The maximum absolute atomic E-state index is 13.0. The number of amides is 3. The Morgan fingerprint density at radius 2 is 1.88 bits per heavy atom. The molecule has 166 valence electrons. The second-order valence-electron chi connectivity index (χ2n) is 8.28. The van der Waals surface area contributed by atoms with E-state index in [1.807, 2.05) is 44.3 Å². The molecule has 32 heavy (non-hydrogen) atoms. The highest BCUT2D eigenvalue weighted by atomic mass is 16.3. The molecular formula is C25H27N3O4. The molecule has 7 heteroatoms. The van der Waals surface area contributed by atoms with E-state index >= 15 is 0 Å². The summed E-state index contributed by atoms with van der Waals surface area (Å²) in [6.45, 7) is 4.04. The zero-order valence-corrected chi connectivity index (χ0v) is 18.2. The molecule has 0 saturated carbocycles. The predicted molar refractivity (Wildman–Crippen MR) is 122 cm³/mol. The topological polar surface area (TPSA) is 102 Å². The van der Waals surface area contributed by atoms with Gasteiger partial charge in [0, 0.05) is 29.2 Å². The van der Waals surface area contributed by atoms with Gasteiger partial charge >= 0.3 is 0 Å². The first-order valence-corrected chi connectivity index (χ1v) is 10.9. The Bertz CT molecular complexity index is 1180. The third-order valence-electron chi connectivity index (χ3n) is 6.36. The van der Waals surface area contributed by atoms with Crippen molar-refractivity contribution in [1.82, 2.24) is 15.2 Å². The molecule has 0 unspecified atom stereocenters. The number of carbonyl (C=O) groups is 3. The van der Waals surface area contributed by atoms with Crippen LogP contribution in [0, 0.1) is 5.92 Å². The normalized spacial score (nSPS) is 15.2. The minimum absolute atomic E-state index is 0.113. The Morgan fingerprint density at radius 3 is 2.62 bits per heavy atom. The summed E-state index contributed by atoms with van der Waals surface area (Å²) in [7, 11) is 0. The van der Waals surface area contributed by atoms with E-state index in [4.69, 9.17) is 0 Å². The van der Waals surface area contributed by atoms with Crippen LogP contribution < -0.4 is 5.32 Å².